The average Bonchev–Trinajstić information content (AvgIpc) is 3.20. The van der Waals surface area contributed by atoms with Crippen molar-refractivity contribution in [2.45, 2.75) is 38.1 Å². The molecule has 0 radical (unpaired) electrons. The van der Waals surface area contributed by atoms with Gasteiger partial charge in [0.1, 0.15) is 11.6 Å². The van der Waals surface area contributed by atoms with E-state index in [2.05, 4.69) is 10.6 Å². The van der Waals surface area contributed by atoms with E-state index in [-0.39, 0.29) is 30.1 Å². The van der Waals surface area contributed by atoms with Crippen LogP contribution in [0.3, 0.4) is 0 Å². The molecule has 0 bridgehead atoms. The van der Waals surface area contributed by atoms with E-state index < -0.39 is 11.9 Å². The van der Waals surface area contributed by atoms with E-state index in [9.17, 15) is 18.4 Å². The molecule has 3 rings (SSSR count). The molecule has 28 heavy (non-hydrogen) atoms. The Morgan fingerprint density at radius 1 is 1.00 bits per heavy atom. The van der Waals surface area contributed by atoms with Crippen molar-refractivity contribution in [3.8, 4) is 0 Å². The van der Waals surface area contributed by atoms with Crippen LogP contribution in [0.15, 0.2) is 48.5 Å². The van der Waals surface area contributed by atoms with Crippen LogP contribution in [0.25, 0.3) is 0 Å². The van der Waals surface area contributed by atoms with E-state index >= 15 is 0 Å². The molecule has 148 valence electrons. The van der Waals surface area contributed by atoms with E-state index in [1.165, 1.54) is 24.3 Å². The Balaban J connectivity index is 1.66. The van der Waals surface area contributed by atoms with Gasteiger partial charge in [-0.15, -0.1) is 0 Å². The molecule has 1 atom stereocenters. The third-order valence-corrected chi connectivity index (χ3v) is 5.06. The molecule has 1 aliphatic rings. The van der Waals surface area contributed by atoms with E-state index in [0.717, 1.165) is 25.7 Å². The van der Waals surface area contributed by atoms with Gasteiger partial charge >= 0.3 is 0 Å². The lowest BCUT2D eigenvalue weighted by molar-refractivity contribution is -0.128. The molecule has 0 aliphatic heterocycles. The lowest BCUT2D eigenvalue weighted by atomic mass is 9.98. The minimum Gasteiger partial charge on any atom is -0.347 e. The van der Waals surface area contributed by atoms with E-state index in [1.54, 1.807) is 24.3 Å². The second-order valence-electron chi connectivity index (χ2n) is 7.21. The van der Waals surface area contributed by atoms with Crippen molar-refractivity contribution < 1.29 is 18.4 Å². The Kier molecular flexibility index (Phi) is 6.74. The largest absolute Gasteiger partial charge is 0.347 e. The molecule has 2 aromatic rings. The summed E-state index contributed by atoms with van der Waals surface area (Å²) < 4.78 is 27.2. The van der Waals surface area contributed by atoms with Gasteiger partial charge in [0.25, 0.3) is 0 Å². The average molecular weight is 386 g/mol. The predicted octanol–water partition coefficient (Wildman–Crippen LogP) is 3.67. The van der Waals surface area contributed by atoms with Crippen molar-refractivity contribution in [3.63, 3.8) is 0 Å². The fourth-order valence-corrected chi connectivity index (χ4v) is 3.62. The molecule has 2 aromatic carbocycles. The number of benzene rings is 2. The van der Waals surface area contributed by atoms with Gasteiger partial charge in [-0.2, -0.15) is 0 Å². The van der Waals surface area contributed by atoms with Gasteiger partial charge in [-0.1, -0.05) is 37.1 Å². The zero-order valence-electron chi connectivity index (χ0n) is 15.6. The first kappa shape index (κ1) is 20.0. The van der Waals surface area contributed by atoms with Gasteiger partial charge in [-0.05, 0) is 54.7 Å². The van der Waals surface area contributed by atoms with Crippen molar-refractivity contribution in [2.75, 3.05) is 6.54 Å². The van der Waals surface area contributed by atoms with Gasteiger partial charge in [0.2, 0.25) is 11.8 Å². The fraction of sp³-hybridized carbons (Fsp3) is 0.364. The molecule has 2 amide bonds. The number of rotatable bonds is 7. The second-order valence-corrected chi connectivity index (χ2v) is 7.21. The van der Waals surface area contributed by atoms with Gasteiger partial charge in [-0.25, -0.2) is 8.78 Å². The number of amides is 2. The van der Waals surface area contributed by atoms with Crippen LogP contribution < -0.4 is 10.6 Å². The van der Waals surface area contributed by atoms with Crippen LogP contribution in [0.5, 0.6) is 0 Å². The first-order valence-corrected chi connectivity index (χ1v) is 9.58. The van der Waals surface area contributed by atoms with E-state index in [0.29, 0.717) is 17.5 Å². The van der Waals surface area contributed by atoms with Crippen LogP contribution in [0.1, 0.15) is 42.9 Å². The summed E-state index contributed by atoms with van der Waals surface area (Å²) in [7, 11) is 0. The van der Waals surface area contributed by atoms with Crippen LogP contribution in [0.4, 0.5) is 8.78 Å². The molecule has 1 unspecified atom stereocenters. The minimum absolute atomic E-state index is 0.0147. The third kappa shape index (κ3) is 5.62. The maximum Gasteiger partial charge on any atom is 0.239 e. The van der Waals surface area contributed by atoms with Crippen LogP contribution >= 0.6 is 0 Å². The van der Waals surface area contributed by atoms with Crippen molar-refractivity contribution in [2.24, 2.45) is 5.92 Å². The molecule has 0 aromatic heterocycles. The lowest BCUT2D eigenvalue weighted by Crippen LogP contribution is -2.41. The highest BCUT2D eigenvalue weighted by Gasteiger charge is 2.23. The van der Waals surface area contributed by atoms with Crippen LogP contribution in [0.2, 0.25) is 0 Å². The first-order valence-electron chi connectivity index (χ1n) is 9.58. The number of hydrogen-bond acceptors (Lipinski definition) is 2. The molecule has 2 N–H and O–H groups in total. The lowest BCUT2D eigenvalue weighted by Gasteiger charge is -2.20. The highest BCUT2D eigenvalue weighted by Crippen LogP contribution is 2.24. The second kappa shape index (κ2) is 9.44. The Labute approximate surface area is 163 Å². The quantitative estimate of drug-likeness (QED) is 0.763. The van der Waals surface area contributed by atoms with Gasteiger partial charge in [0.15, 0.2) is 0 Å². The summed E-state index contributed by atoms with van der Waals surface area (Å²) in [5.74, 6) is -1.26. The van der Waals surface area contributed by atoms with Crippen LogP contribution in [0, 0.1) is 17.6 Å². The van der Waals surface area contributed by atoms with E-state index in [1.807, 2.05) is 0 Å². The highest BCUT2D eigenvalue weighted by molar-refractivity contribution is 5.86. The van der Waals surface area contributed by atoms with Gasteiger partial charge in [0, 0.05) is 5.92 Å². The first-order chi connectivity index (χ1) is 13.5. The molecular weight excluding hydrogens is 362 g/mol. The SMILES string of the molecule is O=C(CNC(=O)C1CCCC1)NC(Cc1cccc(F)c1)c1cccc(F)c1. The summed E-state index contributed by atoms with van der Waals surface area (Å²) in [6.45, 7) is -0.135. The molecule has 1 saturated carbocycles. The zero-order valence-corrected chi connectivity index (χ0v) is 15.6. The zero-order chi connectivity index (χ0) is 19.9. The van der Waals surface area contributed by atoms with Gasteiger partial charge in [0.05, 0.1) is 12.6 Å². The van der Waals surface area contributed by atoms with Crippen LogP contribution in [-0.4, -0.2) is 18.4 Å². The van der Waals surface area contributed by atoms with Crippen molar-refractivity contribution in [1.82, 2.24) is 10.6 Å². The van der Waals surface area contributed by atoms with Crippen molar-refractivity contribution in [3.05, 3.63) is 71.3 Å². The highest BCUT2D eigenvalue weighted by atomic mass is 19.1. The molecule has 0 spiro atoms. The number of carbonyl (C=O) groups excluding carboxylic acids is 2. The molecule has 4 nitrogen and oxygen atoms in total. The Morgan fingerprint density at radius 2 is 1.68 bits per heavy atom. The maximum absolute atomic E-state index is 13.7. The standard InChI is InChI=1S/C22H24F2N2O2/c23-18-9-3-5-15(11-18)12-20(17-8-4-10-19(24)13-17)26-21(27)14-25-22(28)16-6-1-2-7-16/h3-5,8-11,13,16,20H,1-2,6-7,12,14H2,(H,25,28)(H,26,27). The van der Waals surface area contributed by atoms with Gasteiger partial charge in [-0.3, -0.25) is 9.59 Å². The monoisotopic (exact) mass is 386 g/mol. The summed E-state index contributed by atoms with van der Waals surface area (Å²) >= 11 is 0. The van der Waals surface area contributed by atoms with Gasteiger partial charge < -0.3 is 10.6 Å². The smallest absolute Gasteiger partial charge is 0.239 e. The molecule has 1 aliphatic carbocycles. The summed E-state index contributed by atoms with van der Waals surface area (Å²) in [6.07, 6.45) is 4.11. The summed E-state index contributed by atoms with van der Waals surface area (Å²) in [5, 5.41) is 5.51. The van der Waals surface area contributed by atoms with Crippen LogP contribution in [-0.2, 0) is 16.0 Å². The Bertz CT molecular complexity index is 835. The van der Waals surface area contributed by atoms with E-state index in [4.69, 9.17) is 0 Å². The number of hydrogen-bond donors (Lipinski definition) is 2. The predicted molar refractivity (Wildman–Crippen MR) is 102 cm³/mol. The molecule has 6 heteroatoms. The summed E-state index contributed by atoms with van der Waals surface area (Å²) in [5.41, 5.74) is 1.27. The van der Waals surface area contributed by atoms with Crippen molar-refractivity contribution >= 4 is 11.8 Å². The number of nitrogens with one attached hydrogen (secondary N) is 2. The number of halogens is 2. The normalized spacial score (nSPS) is 15.2. The molecule has 1 fully saturated rings. The van der Waals surface area contributed by atoms with Crippen molar-refractivity contribution in [1.29, 1.82) is 0 Å². The minimum atomic E-state index is -0.534. The fourth-order valence-electron chi connectivity index (χ4n) is 3.62. The molecule has 0 heterocycles. The number of carbonyl (C=O) groups is 2. The molecule has 0 saturated heterocycles. The Hall–Kier alpha value is -2.76. The third-order valence-electron chi connectivity index (χ3n) is 5.06. The molecular formula is C22H24F2N2O2. The topological polar surface area (TPSA) is 58.2 Å². The maximum atomic E-state index is 13.7. The summed E-state index contributed by atoms with van der Waals surface area (Å²) in [4.78, 5) is 24.5. The Morgan fingerprint density at radius 3 is 2.36 bits per heavy atom. The summed E-state index contributed by atoms with van der Waals surface area (Å²) in [6, 6.07) is 11.5.